The third-order valence-corrected chi connectivity index (χ3v) is 5.46. The third-order valence-electron chi connectivity index (χ3n) is 2.35. The van der Waals surface area contributed by atoms with Gasteiger partial charge in [-0.1, -0.05) is 15.9 Å². The number of β-amino-alcohol motifs (C(OH)–C–C–N with tert-alkyl or cyclic N) is 1. The lowest BCUT2D eigenvalue weighted by atomic mass is 9.95. The largest absolute Gasteiger partial charge is 0.393 e. The number of alkyl halides is 1. The summed E-state index contributed by atoms with van der Waals surface area (Å²) in [5.41, 5.74) is -1.27. The number of aliphatic hydroxyl groups is 2. The zero-order valence-electron chi connectivity index (χ0n) is 7.69. The van der Waals surface area contributed by atoms with Crippen molar-refractivity contribution >= 4 is 26.0 Å². The van der Waals surface area contributed by atoms with Gasteiger partial charge in [0.1, 0.15) is 10.3 Å². The van der Waals surface area contributed by atoms with Crippen LogP contribution >= 0.6 is 15.9 Å². The second-order valence-corrected chi connectivity index (χ2v) is 6.81. The van der Waals surface area contributed by atoms with Gasteiger partial charge >= 0.3 is 0 Å². The Hall–Kier alpha value is 0.310. The van der Waals surface area contributed by atoms with Crippen LogP contribution in [-0.2, 0) is 10.0 Å². The smallest absolute Gasteiger partial charge is 0.224 e. The molecular formula is C7H14BrNO4S. The second-order valence-electron chi connectivity index (χ2n) is 3.54. The van der Waals surface area contributed by atoms with Crippen LogP contribution in [0.15, 0.2) is 0 Å². The highest BCUT2D eigenvalue weighted by Crippen LogP contribution is 2.23. The number of halogens is 1. The Bertz CT molecular complexity index is 294. The highest BCUT2D eigenvalue weighted by atomic mass is 79.9. The molecule has 0 radical (unpaired) electrons. The zero-order valence-corrected chi connectivity index (χ0v) is 10.1. The standard InChI is InChI=1S/C7H14BrNO4S/c8-6-14(12,13)9-3-1-2-7(11,4-9)5-10/h10-11H,1-6H2. The molecule has 1 aliphatic heterocycles. The van der Waals surface area contributed by atoms with E-state index in [-0.39, 0.29) is 11.2 Å². The number of sulfonamides is 1. The Labute approximate surface area is 91.9 Å². The summed E-state index contributed by atoms with van der Waals surface area (Å²) in [6.07, 6.45) is 1.01. The van der Waals surface area contributed by atoms with Crippen LogP contribution < -0.4 is 0 Å². The number of rotatable bonds is 3. The topological polar surface area (TPSA) is 77.8 Å². The van der Waals surface area contributed by atoms with E-state index in [2.05, 4.69) is 15.9 Å². The molecular weight excluding hydrogens is 274 g/mol. The van der Waals surface area contributed by atoms with Crippen LogP contribution in [0, 0.1) is 0 Å². The SMILES string of the molecule is O=S(=O)(CBr)N1CCCC(O)(CO)C1. The second kappa shape index (κ2) is 4.44. The fraction of sp³-hybridized carbons (Fsp3) is 1.00. The Morgan fingerprint density at radius 3 is 2.64 bits per heavy atom. The molecule has 1 unspecified atom stereocenters. The molecule has 0 aliphatic carbocycles. The molecule has 7 heteroatoms. The minimum absolute atomic E-state index is 0.0164. The molecule has 0 spiro atoms. The average Bonchev–Trinajstić information content (AvgIpc) is 2.18. The maximum Gasteiger partial charge on any atom is 0.224 e. The molecule has 1 aliphatic rings. The summed E-state index contributed by atoms with van der Waals surface area (Å²) in [6.45, 7) is -0.00498. The molecule has 1 atom stereocenters. The first kappa shape index (κ1) is 12.4. The fourth-order valence-corrected chi connectivity index (χ4v) is 3.36. The highest BCUT2D eigenvalue weighted by molar-refractivity contribution is 9.10. The maximum atomic E-state index is 11.4. The first-order valence-corrected chi connectivity index (χ1v) is 7.04. The molecule has 2 N–H and O–H groups in total. The summed E-state index contributed by atoms with van der Waals surface area (Å²) >= 11 is 2.89. The molecule has 1 saturated heterocycles. The lowest BCUT2D eigenvalue weighted by molar-refractivity contribution is -0.0495. The zero-order chi connectivity index (χ0) is 10.8. The molecule has 1 heterocycles. The first-order chi connectivity index (χ1) is 6.43. The maximum absolute atomic E-state index is 11.4. The van der Waals surface area contributed by atoms with E-state index in [1.807, 2.05) is 0 Å². The van der Waals surface area contributed by atoms with Gasteiger partial charge in [-0.05, 0) is 12.8 Å². The molecule has 0 aromatic heterocycles. The Morgan fingerprint density at radius 1 is 1.50 bits per heavy atom. The van der Waals surface area contributed by atoms with Crippen molar-refractivity contribution in [2.45, 2.75) is 18.4 Å². The molecule has 1 fully saturated rings. The lowest BCUT2D eigenvalue weighted by Gasteiger charge is -2.36. The first-order valence-electron chi connectivity index (χ1n) is 4.30. The van der Waals surface area contributed by atoms with Crippen LogP contribution in [-0.4, -0.2) is 52.9 Å². The molecule has 0 bridgehead atoms. The van der Waals surface area contributed by atoms with Crippen LogP contribution in [0.2, 0.25) is 0 Å². The van der Waals surface area contributed by atoms with Crippen molar-refractivity contribution in [2.75, 3.05) is 24.4 Å². The van der Waals surface area contributed by atoms with E-state index in [0.717, 1.165) is 0 Å². The minimum Gasteiger partial charge on any atom is -0.393 e. The van der Waals surface area contributed by atoms with Gasteiger partial charge in [0, 0.05) is 13.1 Å². The van der Waals surface area contributed by atoms with Gasteiger partial charge in [0.15, 0.2) is 0 Å². The summed E-state index contributed by atoms with van der Waals surface area (Å²) in [5.74, 6) is 0. The Balaban J connectivity index is 2.75. The van der Waals surface area contributed by atoms with E-state index in [9.17, 15) is 13.5 Å². The van der Waals surface area contributed by atoms with Crippen LogP contribution in [0.5, 0.6) is 0 Å². The summed E-state index contributed by atoms with van der Waals surface area (Å²) in [4.78, 5) is 0. The number of hydrogen-bond acceptors (Lipinski definition) is 4. The van der Waals surface area contributed by atoms with E-state index < -0.39 is 22.2 Å². The van der Waals surface area contributed by atoms with Gasteiger partial charge in [-0.3, -0.25) is 0 Å². The van der Waals surface area contributed by atoms with Crippen LogP contribution in [0.25, 0.3) is 0 Å². The van der Waals surface area contributed by atoms with Gasteiger partial charge in [-0.15, -0.1) is 0 Å². The minimum atomic E-state index is -3.32. The molecule has 84 valence electrons. The van der Waals surface area contributed by atoms with E-state index in [0.29, 0.717) is 19.4 Å². The molecule has 0 aromatic rings. The summed E-state index contributed by atoms with van der Waals surface area (Å²) in [7, 11) is -3.32. The molecule has 14 heavy (non-hydrogen) atoms. The van der Waals surface area contributed by atoms with Gasteiger partial charge < -0.3 is 10.2 Å². The number of aliphatic hydroxyl groups excluding tert-OH is 1. The molecule has 0 amide bonds. The average molecular weight is 288 g/mol. The molecule has 0 aromatic carbocycles. The number of nitrogens with zero attached hydrogens (tertiary/aromatic N) is 1. The molecule has 5 nitrogen and oxygen atoms in total. The normalized spacial score (nSPS) is 30.5. The Kier molecular flexibility index (Phi) is 3.93. The predicted molar refractivity (Wildman–Crippen MR) is 55.6 cm³/mol. The fourth-order valence-electron chi connectivity index (χ4n) is 1.51. The van der Waals surface area contributed by atoms with E-state index in [1.165, 1.54) is 4.31 Å². The van der Waals surface area contributed by atoms with Crippen LogP contribution in [0.4, 0.5) is 0 Å². The van der Waals surface area contributed by atoms with Gasteiger partial charge in [0.2, 0.25) is 10.0 Å². The van der Waals surface area contributed by atoms with Gasteiger partial charge in [0.25, 0.3) is 0 Å². The quantitative estimate of drug-likeness (QED) is 0.686. The predicted octanol–water partition coefficient (Wildman–Crippen LogP) is -0.512. The van der Waals surface area contributed by atoms with Crippen molar-refractivity contribution in [3.8, 4) is 0 Å². The summed E-state index contributed by atoms with van der Waals surface area (Å²) in [6, 6.07) is 0. The van der Waals surface area contributed by atoms with Crippen molar-refractivity contribution in [1.29, 1.82) is 0 Å². The van der Waals surface area contributed by atoms with Gasteiger partial charge in [-0.25, -0.2) is 8.42 Å². The van der Waals surface area contributed by atoms with E-state index >= 15 is 0 Å². The number of hydrogen-bond donors (Lipinski definition) is 2. The monoisotopic (exact) mass is 287 g/mol. The molecule has 0 saturated carbocycles. The third kappa shape index (κ3) is 2.66. The van der Waals surface area contributed by atoms with E-state index in [1.54, 1.807) is 0 Å². The van der Waals surface area contributed by atoms with Crippen molar-refractivity contribution in [1.82, 2.24) is 4.31 Å². The van der Waals surface area contributed by atoms with Crippen LogP contribution in [0.3, 0.4) is 0 Å². The van der Waals surface area contributed by atoms with E-state index in [4.69, 9.17) is 5.11 Å². The van der Waals surface area contributed by atoms with Crippen LogP contribution in [0.1, 0.15) is 12.8 Å². The summed E-state index contributed by atoms with van der Waals surface area (Å²) < 4.78 is 23.9. The van der Waals surface area contributed by atoms with Gasteiger partial charge in [0.05, 0.1) is 6.61 Å². The Morgan fingerprint density at radius 2 is 2.14 bits per heavy atom. The van der Waals surface area contributed by atoms with Crippen molar-refractivity contribution in [2.24, 2.45) is 0 Å². The van der Waals surface area contributed by atoms with Crippen molar-refractivity contribution in [3.05, 3.63) is 0 Å². The highest BCUT2D eigenvalue weighted by Gasteiger charge is 2.37. The lowest BCUT2D eigenvalue weighted by Crippen LogP contribution is -2.52. The van der Waals surface area contributed by atoms with Crippen molar-refractivity contribution in [3.63, 3.8) is 0 Å². The number of piperidine rings is 1. The van der Waals surface area contributed by atoms with Crippen molar-refractivity contribution < 1.29 is 18.6 Å². The molecule has 1 rings (SSSR count). The van der Waals surface area contributed by atoms with Gasteiger partial charge in [-0.2, -0.15) is 4.31 Å². The summed E-state index contributed by atoms with van der Waals surface area (Å²) in [5, 5.41) is 18.7.